The van der Waals surface area contributed by atoms with E-state index in [4.69, 9.17) is 4.74 Å². The summed E-state index contributed by atoms with van der Waals surface area (Å²) in [6.07, 6.45) is 0.809. The van der Waals surface area contributed by atoms with Crippen LogP contribution in [0.4, 0.5) is 0 Å². The first kappa shape index (κ1) is 12.7. The molecule has 1 rings (SSSR count). The Morgan fingerprint density at radius 2 is 1.94 bits per heavy atom. The number of ether oxygens (including phenoxy) is 1. The van der Waals surface area contributed by atoms with Crippen LogP contribution in [0, 0.1) is 0 Å². The lowest BCUT2D eigenvalue weighted by molar-refractivity contribution is -0.126. The second-order valence-corrected chi connectivity index (χ2v) is 4.53. The molecule has 88 valence electrons. The molecule has 0 aromatic heterocycles. The number of benzene rings is 1. The van der Waals surface area contributed by atoms with E-state index in [-0.39, 0.29) is 18.1 Å². The van der Waals surface area contributed by atoms with Crippen molar-refractivity contribution in [1.82, 2.24) is 5.32 Å². The molecule has 0 aliphatic heterocycles. The van der Waals surface area contributed by atoms with Gasteiger partial charge in [0.2, 0.25) is 5.91 Å². The fourth-order valence-corrected chi connectivity index (χ4v) is 1.69. The molecule has 0 unspecified atom stereocenters. The van der Waals surface area contributed by atoms with E-state index in [1.54, 1.807) is 0 Å². The van der Waals surface area contributed by atoms with Gasteiger partial charge in [-0.2, -0.15) is 0 Å². The van der Waals surface area contributed by atoms with E-state index in [1.807, 2.05) is 32.0 Å². The van der Waals surface area contributed by atoms with Crippen LogP contribution in [-0.4, -0.2) is 25.2 Å². The van der Waals surface area contributed by atoms with Crippen LogP contribution in [-0.2, 0) is 16.0 Å². The van der Waals surface area contributed by atoms with E-state index < -0.39 is 0 Å². The molecule has 0 saturated heterocycles. The molecule has 0 atom stereocenters. The van der Waals surface area contributed by atoms with E-state index in [2.05, 4.69) is 17.4 Å². The molecule has 0 saturated carbocycles. The summed E-state index contributed by atoms with van der Waals surface area (Å²) in [7, 11) is 1.52. The van der Waals surface area contributed by atoms with E-state index in [9.17, 15) is 4.79 Å². The van der Waals surface area contributed by atoms with Crippen LogP contribution in [0.5, 0.6) is 0 Å². The predicted molar refractivity (Wildman–Crippen MR) is 64.2 cm³/mol. The summed E-state index contributed by atoms with van der Waals surface area (Å²) in [5.41, 5.74) is 0.960. The SMILES string of the molecule is COCC(=O)NC(C)(C)Cc1ccccc1. The highest BCUT2D eigenvalue weighted by Gasteiger charge is 2.20. The molecule has 0 bridgehead atoms. The number of hydrogen-bond donors (Lipinski definition) is 1. The molecule has 3 nitrogen and oxygen atoms in total. The number of nitrogens with one attached hydrogen (secondary N) is 1. The Morgan fingerprint density at radius 3 is 2.50 bits per heavy atom. The lowest BCUT2D eigenvalue weighted by Crippen LogP contribution is -2.46. The van der Waals surface area contributed by atoms with Gasteiger partial charge >= 0.3 is 0 Å². The van der Waals surface area contributed by atoms with Gasteiger partial charge in [0.05, 0.1) is 0 Å². The van der Waals surface area contributed by atoms with Crippen molar-refractivity contribution in [2.75, 3.05) is 13.7 Å². The van der Waals surface area contributed by atoms with Crippen molar-refractivity contribution in [2.45, 2.75) is 25.8 Å². The standard InChI is InChI=1S/C13H19NO2/c1-13(2,14-12(15)10-16-3)9-11-7-5-4-6-8-11/h4-8H,9-10H2,1-3H3,(H,14,15). The summed E-state index contributed by atoms with van der Waals surface area (Å²) in [6.45, 7) is 4.12. The average Bonchev–Trinajstić information content (AvgIpc) is 2.17. The van der Waals surface area contributed by atoms with Crippen LogP contribution in [0.3, 0.4) is 0 Å². The smallest absolute Gasteiger partial charge is 0.246 e. The van der Waals surface area contributed by atoms with Crippen LogP contribution in [0.1, 0.15) is 19.4 Å². The third-order valence-corrected chi connectivity index (χ3v) is 2.24. The molecule has 1 amide bonds. The number of rotatable bonds is 5. The van der Waals surface area contributed by atoms with Crippen LogP contribution < -0.4 is 5.32 Å². The second kappa shape index (κ2) is 5.66. The zero-order valence-electron chi connectivity index (χ0n) is 10.1. The van der Waals surface area contributed by atoms with Gasteiger partial charge in [0, 0.05) is 12.6 Å². The zero-order valence-corrected chi connectivity index (χ0v) is 10.1. The molecule has 3 heteroatoms. The Labute approximate surface area is 96.8 Å². The molecule has 16 heavy (non-hydrogen) atoms. The van der Waals surface area contributed by atoms with Gasteiger partial charge in [0.15, 0.2) is 0 Å². The van der Waals surface area contributed by atoms with Crippen molar-refractivity contribution in [1.29, 1.82) is 0 Å². The van der Waals surface area contributed by atoms with Gasteiger partial charge in [-0.1, -0.05) is 30.3 Å². The molecule has 0 aliphatic carbocycles. The average molecular weight is 221 g/mol. The molecule has 1 aromatic rings. The number of hydrogen-bond acceptors (Lipinski definition) is 2. The third kappa shape index (κ3) is 4.45. The van der Waals surface area contributed by atoms with Crippen molar-refractivity contribution in [2.24, 2.45) is 0 Å². The van der Waals surface area contributed by atoms with Crippen molar-refractivity contribution >= 4 is 5.91 Å². The van der Waals surface area contributed by atoms with Crippen LogP contribution in [0.2, 0.25) is 0 Å². The molecule has 1 N–H and O–H groups in total. The van der Waals surface area contributed by atoms with Crippen LogP contribution >= 0.6 is 0 Å². The van der Waals surface area contributed by atoms with Gasteiger partial charge in [-0.25, -0.2) is 0 Å². The van der Waals surface area contributed by atoms with Crippen molar-refractivity contribution in [3.8, 4) is 0 Å². The highest BCUT2D eigenvalue weighted by Crippen LogP contribution is 2.12. The molecular weight excluding hydrogens is 202 g/mol. The van der Waals surface area contributed by atoms with Gasteiger partial charge in [-0.3, -0.25) is 4.79 Å². The summed E-state index contributed by atoms with van der Waals surface area (Å²) in [6, 6.07) is 10.1. The summed E-state index contributed by atoms with van der Waals surface area (Å²) >= 11 is 0. The van der Waals surface area contributed by atoms with Crippen molar-refractivity contribution < 1.29 is 9.53 Å². The second-order valence-electron chi connectivity index (χ2n) is 4.53. The van der Waals surface area contributed by atoms with Crippen LogP contribution in [0.15, 0.2) is 30.3 Å². The zero-order chi connectivity index (χ0) is 12.0. The minimum atomic E-state index is -0.253. The minimum Gasteiger partial charge on any atom is -0.375 e. The molecule has 0 radical (unpaired) electrons. The summed E-state index contributed by atoms with van der Waals surface area (Å²) in [5, 5.41) is 2.94. The first-order valence-corrected chi connectivity index (χ1v) is 5.37. The van der Waals surface area contributed by atoms with E-state index in [1.165, 1.54) is 12.7 Å². The molecule has 0 fully saturated rings. The van der Waals surface area contributed by atoms with Gasteiger partial charge in [0.25, 0.3) is 0 Å². The maximum atomic E-state index is 11.4. The molecule has 1 aromatic carbocycles. The quantitative estimate of drug-likeness (QED) is 0.823. The first-order chi connectivity index (χ1) is 7.53. The Hall–Kier alpha value is -1.35. The Balaban J connectivity index is 2.54. The number of amides is 1. The number of methoxy groups -OCH3 is 1. The van der Waals surface area contributed by atoms with E-state index in [0.29, 0.717) is 0 Å². The number of carbonyl (C=O) groups excluding carboxylic acids is 1. The Kier molecular flexibility index (Phi) is 4.50. The van der Waals surface area contributed by atoms with Gasteiger partial charge in [0.1, 0.15) is 6.61 Å². The van der Waals surface area contributed by atoms with Crippen molar-refractivity contribution in [3.63, 3.8) is 0 Å². The summed E-state index contributed by atoms with van der Waals surface area (Å²) in [5.74, 6) is -0.0802. The van der Waals surface area contributed by atoms with Gasteiger partial charge < -0.3 is 10.1 Å². The monoisotopic (exact) mass is 221 g/mol. The molecule has 0 aliphatic rings. The molecule has 0 heterocycles. The maximum Gasteiger partial charge on any atom is 0.246 e. The highest BCUT2D eigenvalue weighted by molar-refractivity contribution is 5.77. The lowest BCUT2D eigenvalue weighted by atomic mass is 9.95. The van der Waals surface area contributed by atoms with E-state index in [0.717, 1.165) is 6.42 Å². The fourth-order valence-electron chi connectivity index (χ4n) is 1.69. The molecular formula is C13H19NO2. The molecule has 0 spiro atoms. The van der Waals surface area contributed by atoms with Crippen LogP contribution in [0.25, 0.3) is 0 Å². The Bertz CT molecular complexity index is 333. The maximum absolute atomic E-state index is 11.4. The topological polar surface area (TPSA) is 38.3 Å². The minimum absolute atomic E-state index is 0.0802. The largest absolute Gasteiger partial charge is 0.375 e. The lowest BCUT2D eigenvalue weighted by Gasteiger charge is -2.26. The fraction of sp³-hybridized carbons (Fsp3) is 0.462. The highest BCUT2D eigenvalue weighted by atomic mass is 16.5. The summed E-state index contributed by atoms with van der Waals surface area (Å²) in [4.78, 5) is 11.4. The third-order valence-electron chi connectivity index (χ3n) is 2.24. The number of carbonyl (C=O) groups is 1. The normalized spacial score (nSPS) is 11.2. The van der Waals surface area contributed by atoms with Gasteiger partial charge in [-0.05, 0) is 25.8 Å². The predicted octanol–water partition coefficient (Wildman–Crippen LogP) is 1.77. The van der Waals surface area contributed by atoms with Crippen molar-refractivity contribution in [3.05, 3.63) is 35.9 Å². The summed E-state index contributed by atoms with van der Waals surface area (Å²) < 4.78 is 4.79. The first-order valence-electron chi connectivity index (χ1n) is 5.37. The van der Waals surface area contributed by atoms with Gasteiger partial charge in [-0.15, -0.1) is 0 Å². The Morgan fingerprint density at radius 1 is 1.31 bits per heavy atom. The van der Waals surface area contributed by atoms with E-state index >= 15 is 0 Å².